The lowest BCUT2D eigenvalue weighted by Crippen LogP contribution is -2.62. The summed E-state index contributed by atoms with van der Waals surface area (Å²) >= 11 is 0. The third kappa shape index (κ3) is 4.01. The van der Waals surface area contributed by atoms with Crippen molar-refractivity contribution in [3.63, 3.8) is 0 Å². The molecule has 27 heavy (non-hydrogen) atoms. The predicted octanol–water partition coefficient (Wildman–Crippen LogP) is 2.24. The van der Waals surface area contributed by atoms with Gasteiger partial charge in [-0.25, -0.2) is 0 Å². The van der Waals surface area contributed by atoms with Crippen LogP contribution in [0.15, 0.2) is 40.8 Å². The van der Waals surface area contributed by atoms with E-state index in [1.54, 1.807) is 0 Å². The maximum Gasteiger partial charge on any atom is 0.289 e. The van der Waals surface area contributed by atoms with Gasteiger partial charge >= 0.3 is 0 Å². The SMILES string of the molecule is Cc1cc(COc2ccccc2)oc1C(=O)N1CCN2CCN(C)CC2C1. The summed E-state index contributed by atoms with van der Waals surface area (Å²) < 4.78 is 11.6. The van der Waals surface area contributed by atoms with E-state index in [-0.39, 0.29) is 5.91 Å². The molecule has 0 aliphatic carbocycles. The van der Waals surface area contributed by atoms with Gasteiger partial charge in [-0.15, -0.1) is 0 Å². The molecular formula is C21H27N3O3. The molecule has 2 saturated heterocycles. The molecule has 1 amide bonds. The van der Waals surface area contributed by atoms with Crippen LogP contribution < -0.4 is 4.74 Å². The Kier molecular flexibility index (Phi) is 5.18. The van der Waals surface area contributed by atoms with Crippen LogP contribution in [0.3, 0.4) is 0 Å². The number of hydrogen-bond donors (Lipinski definition) is 0. The Bertz CT molecular complexity index is 789. The van der Waals surface area contributed by atoms with Crippen LogP contribution in [0.1, 0.15) is 21.9 Å². The molecule has 2 aromatic rings. The fourth-order valence-electron chi connectivity index (χ4n) is 3.94. The molecule has 2 aliphatic rings. The number of rotatable bonds is 4. The molecule has 144 valence electrons. The predicted molar refractivity (Wildman–Crippen MR) is 103 cm³/mol. The topological polar surface area (TPSA) is 49.2 Å². The average molecular weight is 369 g/mol. The van der Waals surface area contributed by atoms with E-state index in [0.29, 0.717) is 24.2 Å². The van der Waals surface area contributed by atoms with Crippen molar-refractivity contribution in [1.29, 1.82) is 0 Å². The smallest absolute Gasteiger partial charge is 0.289 e. The summed E-state index contributed by atoms with van der Waals surface area (Å²) in [7, 11) is 2.15. The van der Waals surface area contributed by atoms with Crippen LogP contribution in [0.2, 0.25) is 0 Å². The minimum atomic E-state index is -0.00802. The number of likely N-dealkylation sites (N-methyl/N-ethyl adjacent to an activating group) is 1. The lowest BCUT2D eigenvalue weighted by molar-refractivity contribution is 0.0173. The zero-order valence-corrected chi connectivity index (χ0v) is 16.1. The third-order valence-corrected chi connectivity index (χ3v) is 5.47. The van der Waals surface area contributed by atoms with Crippen molar-refractivity contribution in [1.82, 2.24) is 14.7 Å². The number of carbonyl (C=O) groups is 1. The molecule has 6 heteroatoms. The molecule has 1 unspecified atom stereocenters. The van der Waals surface area contributed by atoms with Crippen LogP contribution in [0.5, 0.6) is 5.75 Å². The van der Waals surface area contributed by atoms with E-state index in [0.717, 1.165) is 50.6 Å². The van der Waals surface area contributed by atoms with E-state index in [9.17, 15) is 4.79 Å². The van der Waals surface area contributed by atoms with Crippen LogP contribution in [-0.2, 0) is 6.61 Å². The van der Waals surface area contributed by atoms with Crippen molar-refractivity contribution >= 4 is 5.91 Å². The maximum absolute atomic E-state index is 13.0. The number of hydrogen-bond acceptors (Lipinski definition) is 5. The molecule has 1 atom stereocenters. The highest BCUT2D eigenvalue weighted by Crippen LogP contribution is 2.22. The van der Waals surface area contributed by atoms with Gasteiger partial charge in [-0.05, 0) is 32.2 Å². The van der Waals surface area contributed by atoms with E-state index in [1.165, 1.54) is 0 Å². The van der Waals surface area contributed by atoms with Gasteiger partial charge in [-0.2, -0.15) is 0 Å². The van der Waals surface area contributed by atoms with Crippen LogP contribution in [-0.4, -0.2) is 73.0 Å². The van der Waals surface area contributed by atoms with Gasteiger partial charge in [0, 0.05) is 50.9 Å². The molecule has 1 aromatic heterocycles. The molecule has 0 N–H and O–H groups in total. The monoisotopic (exact) mass is 369 g/mol. The Morgan fingerprint density at radius 1 is 1.15 bits per heavy atom. The highest BCUT2D eigenvalue weighted by Gasteiger charge is 2.34. The van der Waals surface area contributed by atoms with Crippen LogP contribution in [0, 0.1) is 6.92 Å². The fraction of sp³-hybridized carbons (Fsp3) is 0.476. The molecule has 0 bridgehead atoms. The van der Waals surface area contributed by atoms with Gasteiger partial charge in [0.05, 0.1) is 0 Å². The zero-order chi connectivity index (χ0) is 18.8. The first-order valence-corrected chi connectivity index (χ1v) is 9.59. The van der Waals surface area contributed by atoms with E-state index >= 15 is 0 Å². The van der Waals surface area contributed by atoms with Crippen molar-refractivity contribution < 1.29 is 13.9 Å². The van der Waals surface area contributed by atoms with Crippen molar-refractivity contribution in [2.45, 2.75) is 19.6 Å². The number of fused-ring (bicyclic) bond motifs is 1. The molecular weight excluding hydrogens is 342 g/mol. The van der Waals surface area contributed by atoms with Crippen molar-refractivity contribution in [2.24, 2.45) is 0 Å². The number of nitrogens with zero attached hydrogens (tertiary/aromatic N) is 3. The second-order valence-corrected chi connectivity index (χ2v) is 7.53. The Morgan fingerprint density at radius 3 is 2.74 bits per heavy atom. The number of benzene rings is 1. The highest BCUT2D eigenvalue weighted by atomic mass is 16.5. The molecule has 3 heterocycles. The maximum atomic E-state index is 13.0. The zero-order valence-electron chi connectivity index (χ0n) is 16.1. The number of ether oxygens (including phenoxy) is 1. The van der Waals surface area contributed by atoms with Crippen LogP contribution in [0.25, 0.3) is 0 Å². The minimum Gasteiger partial charge on any atom is -0.486 e. The lowest BCUT2D eigenvalue weighted by Gasteiger charge is -2.46. The molecule has 1 aromatic carbocycles. The molecule has 2 aliphatic heterocycles. The summed E-state index contributed by atoms with van der Waals surface area (Å²) in [5, 5.41) is 0. The second-order valence-electron chi connectivity index (χ2n) is 7.53. The summed E-state index contributed by atoms with van der Waals surface area (Å²) in [6, 6.07) is 11.9. The van der Waals surface area contributed by atoms with E-state index in [1.807, 2.05) is 48.2 Å². The van der Waals surface area contributed by atoms with Crippen molar-refractivity contribution in [3.8, 4) is 5.75 Å². The first-order valence-electron chi connectivity index (χ1n) is 9.59. The molecule has 4 rings (SSSR count). The summed E-state index contributed by atoms with van der Waals surface area (Å²) in [6.45, 7) is 7.91. The van der Waals surface area contributed by atoms with Gasteiger partial charge in [0.15, 0.2) is 5.76 Å². The first-order chi connectivity index (χ1) is 13.1. The Morgan fingerprint density at radius 2 is 1.93 bits per heavy atom. The third-order valence-electron chi connectivity index (χ3n) is 5.47. The normalized spacial score (nSPS) is 21.1. The van der Waals surface area contributed by atoms with Crippen LogP contribution in [0.4, 0.5) is 0 Å². The lowest BCUT2D eigenvalue weighted by atomic mass is 10.1. The minimum absolute atomic E-state index is 0.00802. The van der Waals surface area contributed by atoms with Crippen molar-refractivity contribution in [2.75, 3.05) is 46.3 Å². The number of carbonyl (C=O) groups excluding carboxylic acids is 1. The van der Waals surface area contributed by atoms with Crippen molar-refractivity contribution in [3.05, 3.63) is 53.5 Å². The quantitative estimate of drug-likeness (QED) is 0.827. The van der Waals surface area contributed by atoms with E-state index < -0.39 is 0 Å². The van der Waals surface area contributed by atoms with Crippen LogP contribution >= 0.6 is 0 Å². The number of furan rings is 1. The average Bonchev–Trinajstić information content (AvgIpc) is 3.06. The van der Waals surface area contributed by atoms with Gasteiger partial charge in [0.1, 0.15) is 18.1 Å². The Balaban J connectivity index is 1.40. The highest BCUT2D eigenvalue weighted by molar-refractivity contribution is 5.93. The molecule has 0 saturated carbocycles. The van der Waals surface area contributed by atoms with Gasteiger partial charge < -0.3 is 19.0 Å². The van der Waals surface area contributed by atoms with E-state index in [2.05, 4.69) is 16.8 Å². The Labute approximate surface area is 160 Å². The molecule has 2 fully saturated rings. The van der Waals surface area contributed by atoms with Gasteiger partial charge in [-0.1, -0.05) is 18.2 Å². The number of aryl methyl sites for hydroxylation is 1. The summed E-state index contributed by atoms with van der Waals surface area (Å²) in [4.78, 5) is 19.8. The number of amides is 1. The summed E-state index contributed by atoms with van der Waals surface area (Å²) in [5.74, 6) is 1.90. The standard InChI is InChI=1S/C21H27N3O3/c1-16-12-19(15-26-18-6-4-3-5-7-18)27-20(16)21(25)24-11-10-23-9-8-22(2)13-17(23)14-24/h3-7,12,17H,8-11,13-15H2,1-2H3. The number of para-hydroxylation sites is 1. The van der Waals surface area contributed by atoms with Gasteiger partial charge in [0.2, 0.25) is 0 Å². The summed E-state index contributed by atoms with van der Waals surface area (Å²) in [6.07, 6.45) is 0. The summed E-state index contributed by atoms with van der Waals surface area (Å²) in [5.41, 5.74) is 0.870. The number of piperazine rings is 2. The molecule has 6 nitrogen and oxygen atoms in total. The first kappa shape index (κ1) is 18.1. The fourth-order valence-corrected chi connectivity index (χ4v) is 3.94. The van der Waals surface area contributed by atoms with E-state index in [4.69, 9.17) is 9.15 Å². The largest absolute Gasteiger partial charge is 0.486 e. The Hall–Kier alpha value is -2.31. The molecule has 0 spiro atoms. The second kappa shape index (κ2) is 7.74. The molecule has 0 radical (unpaired) electrons. The van der Waals surface area contributed by atoms with Gasteiger partial charge in [-0.3, -0.25) is 9.69 Å². The van der Waals surface area contributed by atoms with Gasteiger partial charge in [0.25, 0.3) is 5.91 Å².